The van der Waals surface area contributed by atoms with E-state index in [1.165, 1.54) is 18.7 Å². The summed E-state index contributed by atoms with van der Waals surface area (Å²) in [6, 6.07) is 7.69. The number of rotatable bonds is 7. The molecule has 1 aliphatic carbocycles. The maximum Gasteiger partial charge on any atom is 0.230 e. The van der Waals surface area contributed by atoms with Crippen LogP contribution in [0.2, 0.25) is 0 Å². The Balaban J connectivity index is 1.86. The van der Waals surface area contributed by atoms with E-state index in [1.807, 2.05) is 42.7 Å². The zero-order chi connectivity index (χ0) is 18.7. The molecule has 8 heteroatoms. The first-order valence-electron chi connectivity index (χ1n) is 8.69. The van der Waals surface area contributed by atoms with E-state index in [0.29, 0.717) is 11.1 Å². The number of benzene rings is 1. The van der Waals surface area contributed by atoms with Crippen molar-refractivity contribution < 1.29 is 9.59 Å². The van der Waals surface area contributed by atoms with E-state index in [1.54, 1.807) is 0 Å². The first-order chi connectivity index (χ1) is 12.4. The third-order valence-corrected chi connectivity index (χ3v) is 4.74. The van der Waals surface area contributed by atoms with Gasteiger partial charge in [-0.25, -0.2) is 0 Å². The molecule has 1 fully saturated rings. The summed E-state index contributed by atoms with van der Waals surface area (Å²) in [5.41, 5.74) is 1.61. The number of carbonyl (C=O) groups is 2. The lowest BCUT2D eigenvalue weighted by Crippen LogP contribution is -2.31. The van der Waals surface area contributed by atoms with Gasteiger partial charge in [-0.2, -0.15) is 0 Å². The van der Waals surface area contributed by atoms with Crippen LogP contribution in [0.25, 0.3) is 5.69 Å². The van der Waals surface area contributed by atoms with Crippen molar-refractivity contribution in [2.24, 2.45) is 0 Å². The van der Waals surface area contributed by atoms with Crippen molar-refractivity contribution in [1.29, 1.82) is 0 Å². The van der Waals surface area contributed by atoms with Gasteiger partial charge in [-0.05, 0) is 44.9 Å². The minimum absolute atomic E-state index is 0.0282. The van der Waals surface area contributed by atoms with E-state index < -0.39 is 0 Å². The Hall–Kier alpha value is -2.35. The number of nitrogens with zero attached hydrogens (tertiary/aromatic N) is 3. The summed E-state index contributed by atoms with van der Waals surface area (Å²) in [4.78, 5) is 23.3. The maximum atomic E-state index is 12.0. The summed E-state index contributed by atoms with van der Waals surface area (Å²) in [6.07, 6.45) is 2.20. The van der Waals surface area contributed by atoms with Gasteiger partial charge in [-0.3, -0.25) is 14.2 Å². The average molecular weight is 373 g/mol. The highest BCUT2D eigenvalue weighted by Crippen LogP contribution is 2.41. The van der Waals surface area contributed by atoms with E-state index in [4.69, 9.17) is 0 Å². The number of amides is 2. The highest BCUT2D eigenvalue weighted by Gasteiger charge is 2.31. The smallest absolute Gasteiger partial charge is 0.230 e. The molecule has 0 aliphatic heterocycles. The molecule has 0 bridgehead atoms. The lowest BCUT2D eigenvalue weighted by molar-refractivity contribution is -0.119. The van der Waals surface area contributed by atoms with Crippen LogP contribution in [-0.2, 0) is 9.59 Å². The summed E-state index contributed by atoms with van der Waals surface area (Å²) in [5, 5.41) is 15.0. The Labute approximate surface area is 157 Å². The van der Waals surface area contributed by atoms with Crippen molar-refractivity contribution in [2.45, 2.75) is 50.7 Å². The number of aromatic nitrogens is 3. The van der Waals surface area contributed by atoms with E-state index in [9.17, 15) is 9.59 Å². The number of hydrogen-bond acceptors (Lipinski definition) is 5. The molecule has 1 aliphatic rings. The van der Waals surface area contributed by atoms with Crippen molar-refractivity contribution in [3.05, 3.63) is 30.1 Å². The van der Waals surface area contributed by atoms with Crippen molar-refractivity contribution >= 4 is 29.3 Å². The fourth-order valence-corrected chi connectivity index (χ4v) is 3.41. The van der Waals surface area contributed by atoms with Crippen LogP contribution in [0.3, 0.4) is 0 Å². The van der Waals surface area contributed by atoms with Gasteiger partial charge in [0.2, 0.25) is 11.8 Å². The summed E-state index contributed by atoms with van der Waals surface area (Å²) in [6.45, 7) is 5.35. The third kappa shape index (κ3) is 4.63. The average Bonchev–Trinajstić information content (AvgIpc) is 3.31. The van der Waals surface area contributed by atoms with Gasteiger partial charge >= 0.3 is 0 Å². The third-order valence-electron chi connectivity index (χ3n) is 3.81. The summed E-state index contributed by atoms with van der Waals surface area (Å²) in [5.74, 6) is 1.46. The standard InChI is InChI=1S/C18H23N5O2S/c1-11(2)19-16(25)10-26-18-22-21-17(13-7-8-13)23(18)15-6-4-5-14(9-15)20-12(3)24/h4-6,9,11,13H,7-8,10H2,1-3H3,(H,19,25)(H,20,24). The second-order valence-corrected chi connectivity index (χ2v) is 7.64. The van der Waals surface area contributed by atoms with Gasteiger partial charge in [0.1, 0.15) is 5.82 Å². The van der Waals surface area contributed by atoms with Crippen LogP contribution >= 0.6 is 11.8 Å². The molecule has 2 amide bonds. The second kappa shape index (κ2) is 7.90. The molecular weight excluding hydrogens is 350 g/mol. The number of anilines is 1. The van der Waals surface area contributed by atoms with Crippen molar-refractivity contribution in [3.63, 3.8) is 0 Å². The molecule has 2 aromatic rings. The predicted molar refractivity (Wildman–Crippen MR) is 102 cm³/mol. The molecule has 138 valence electrons. The van der Waals surface area contributed by atoms with Gasteiger partial charge in [0.15, 0.2) is 5.16 Å². The molecule has 0 atom stereocenters. The minimum atomic E-state index is -0.117. The van der Waals surface area contributed by atoms with Crippen LogP contribution < -0.4 is 10.6 Å². The second-order valence-electron chi connectivity index (χ2n) is 6.69. The van der Waals surface area contributed by atoms with E-state index in [0.717, 1.165) is 30.0 Å². The molecule has 3 rings (SSSR count). The normalized spacial score (nSPS) is 13.7. The van der Waals surface area contributed by atoms with E-state index >= 15 is 0 Å². The molecule has 0 radical (unpaired) electrons. The molecular formula is C18H23N5O2S. The minimum Gasteiger partial charge on any atom is -0.353 e. The van der Waals surface area contributed by atoms with E-state index in [-0.39, 0.29) is 23.6 Å². The molecule has 7 nitrogen and oxygen atoms in total. The number of nitrogens with one attached hydrogen (secondary N) is 2. The highest BCUT2D eigenvalue weighted by atomic mass is 32.2. The molecule has 0 unspecified atom stereocenters. The van der Waals surface area contributed by atoms with Gasteiger partial charge in [0, 0.05) is 24.6 Å². The lowest BCUT2D eigenvalue weighted by atomic mass is 10.2. The number of hydrogen-bond donors (Lipinski definition) is 2. The fourth-order valence-electron chi connectivity index (χ4n) is 2.64. The Morgan fingerprint density at radius 2 is 2.08 bits per heavy atom. The first-order valence-corrected chi connectivity index (χ1v) is 9.68. The zero-order valence-corrected chi connectivity index (χ0v) is 16.0. The largest absolute Gasteiger partial charge is 0.353 e. The van der Waals surface area contributed by atoms with Crippen LogP contribution in [0, 0.1) is 0 Å². The molecule has 2 N–H and O–H groups in total. The van der Waals surface area contributed by atoms with Gasteiger partial charge in [-0.1, -0.05) is 17.8 Å². The first kappa shape index (κ1) is 18.4. The maximum absolute atomic E-state index is 12.0. The Morgan fingerprint density at radius 1 is 1.31 bits per heavy atom. The van der Waals surface area contributed by atoms with Crippen LogP contribution in [0.5, 0.6) is 0 Å². The highest BCUT2D eigenvalue weighted by molar-refractivity contribution is 7.99. The van der Waals surface area contributed by atoms with Gasteiger partial charge in [0.05, 0.1) is 11.4 Å². The fraction of sp³-hybridized carbons (Fsp3) is 0.444. The number of thioether (sulfide) groups is 1. The molecule has 0 saturated heterocycles. The van der Waals surface area contributed by atoms with Gasteiger partial charge < -0.3 is 10.6 Å². The van der Waals surface area contributed by atoms with Crippen LogP contribution in [0.1, 0.15) is 45.4 Å². The molecule has 1 heterocycles. The Morgan fingerprint density at radius 3 is 2.73 bits per heavy atom. The Bertz CT molecular complexity index is 814. The summed E-state index contributed by atoms with van der Waals surface area (Å²) in [7, 11) is 0. The lowest BCUT2D eigenvalue weighted by Gasteiger charge is -2.12. The van der Waals surface area contributed by atoms with Crippen LogP contribution in [0.4, 0.5) is 5.69 Å². The SMILES string of the molecule is CC(=O)Nc1cccc(-n2c(SCC(=O)NC(C)C)nnc2C2CC2)c1. The molecule has 1 aromatic carbocycles. The monoisotopic (exact) mass is 373 g/mol. The van der Waals surface area contributed by atoms with Crippen molar-refractivity contribution in [2.75, 3.05) is 11.1 Å². The van der Waals surface area contributed by atoms with Crippen LogP contribution in [0.15, 0.2) is 29.4 Å². The summed E-state index contributed by atoms with van der Waals surface area (Å²) >= 11 is 1.37. The quantitative estimate of drug-likeness (QED) is 0.729. The van der Waals surface area contributed by atoms with Gasteiger partial charge in [0.25, 0.3) is 0 Å². The van der Waals surface area contributed by atoms with Crippen molar-refractivity contribution in [3.8, 4) is 5.69 Å². The molecule has 1 aromatic heterocycles. The molecule has 26 heavy (non-hydrogen) atoms. The van der Waals surface area contributed by atoms with Crippen molar-refractivity contribution in [1.82, 2.24) is 20.1 Å². The number of carbonyl (C=O) groups excluding carboxylic acids is 2. The van der Waals surface area contributed by atoms with Gasteiger partial charge in [-0.15, -0.1) is 10.2 Å². The van der Waals surface area contributed by atoms with E-state index in [2.05, 4.69) is 20.8 Å². The molecule has 1 saturated carbocycles. The molecule has 0 spiro atoms. The van der Waals surface area contributed by atoms with Crippen LogP contribution in [-0.4, -0.2) is 38.4 Å². The Kier molecular flexibility index (Phi) is 5.61. The summed E-state index contributed by atoms with van der Waals surface area (Å²) < 4.78 is 2.00. The zero-order valence-electron chi connectivity index (χ0n) is 15.2. The topological polar surface area (TPSA) is 88.9 Å². The predicted octanol–water partition coefficient (Wildman–Crippen LogP) is 2.72.